The summed E-state index contributed by atoms with van der Waals surface area (Å²) in [5.74, 6) is 0.312. The molecule has 2 rings (SSSR count). The summed E-state index contributed by atoms with van der Waals surface area (Å²) in [6, 6.07) is 8.95. The molecule has 0 bridgehead atoms. The van der Waals surface area contributed by atoms with Gasteiger partial charge in [0.05, 0.1) is 0 Å². The molecule has 0 atom stereocenters. The van der Waals surface area contributed by atoms with Crippen LogP contribution in [0.15, 0.2) is 24.3 Å². The molecule has 0 saturated carbocycles. The second-order valence-corrected chi connectivity index (χ2v) is 6.04. The van der Waals surface area contributed by atoms with Crippen molar-refractivity contribution < 1.29 is 4.79 Å². The number of amides is 1. The molecule has 116 valence electrons. The Morgan fingerprint density at radius 2 is 2.00 bits per heavy atom. The first-order valence-electron chi connectivity index (χ1n) is 8.26. The minimum atomic E-state index is 0.312. The van der Waals surface area contributed by atoms with Crippen LogP contribution in [0.25, 0.3) is 0 Å². The summed E-state index contributed by atoms with van der Waals surface area (Å²) < 4.78 is 0. The van der Waals surface area contributed by atoms with E-state index in [0.29, 0.717) is 18.4 Å². The van der Waals surface area contributed by atoms with Crippen LogP contribution in [0.4, 0.5) is 0 Å². The van der Waals surface area contributed by atoms with Gasteiger partial charge in [-0.2, -0.15) is 0 Å². The maximum Gasteiger partial charge on any atom is 0.222 e. The highest BCUT2D eigenvalue weighted by Gasteiger charge is 2.21. The van der Waals surface area contributed by atoms with E-state index in [0.717, 1.165) is 38.9 Å². The van der Waals surface area contributed by atoms with Crippen molar-refractivity contribution in [3.63, 3.8) is 0 Å². The van der Waals surface area contributed by atoms with Crippen LogP contribution in [0.3, 0.4) is 0 Å². The molecule has 0 unspecified atom stereocenters. The number of nitrogens with one attached hydrogen (secondary N) is 1. The number of likely N-dealkylation sites (tertiary alicyclic amines) is 1. The lowest BCUT2D eigenvalue weighted by atomic mass is 10.0. The Kier molecular flexibility index (Phi) is 6.24. The fourth-order valence-electron chi connectivity index (χ4n) is 2.97. The number of rotatable bonds is 6. The Labute approximate surface area is 128 Å². The van der Waals surface area contributed by atoms with E-state index in [1.54, 1.807) is 0 Å². The van der Waals surface area contributed by atoms with Gasteiger partial charge >= 0.3 is 0 Å². The van der Waals surface area contributed by atoms with Crippen LogP contribution in [0.1, 0.15) is 43.7 Å². The zero-order valence-electron chi connectivity index (χ0n) is 13.4. The second-order valence-electron chi connectivity index (χ2n) is 6.04. The molecule has 0 aliphatic carbocycles. The molecule has 1 aliphatic heterocycles. The smallest absolute Gasteiger partial charge is 0.222 e. The number of piperidine rings is 1. The molecule has 0 spiro atoms. The van der Waals surface area contributed by atoms with Gasteiger partial charge in [-0.15, -0.1) is 0 Å². The molecule has 3 heteroatoms. The highest BCUT2D eigenvalue weighted by molar-refractivity contribution is 5.76. The predicted octanol–water partition coefficient (Wildman–Crippen LogP) is 2.92. The Morgan fingerprint density at radius 1 is 1.29 bits per heavy atom. The Hall–Kier alpha value is -1.35. The van der Waals surface area contributed by atoms with Gasteiger partial charge in [-0.1, -0.05) is 31.2 Å². The summed E-state index contributed by atoms with van der Waals surface area (Å²) in [6.45, 7) is 7.22. The first-order valence-corrected chi connectivity index (χ1v) is 8.26. The van der Waals surface area contributed by atoms with Crippen molar-refractivity contribution in [1.29, 1.82) is 0 Å². The van der Waals surface area contributed by atoms with Crippen LogP contribution < -0.4 is 5.32 Å². The monoisotopic (exact) mass is 288 g/mol. The highest BCUT2D eigenvalue weighted by atomic mass is 16.2. The predicted molar refractivity (Wildman–Crippen MR) is 87.4 cm³/mol. The average Bonchev–Trinajstić information content (AvgIpc) is 2.52. The molecule has 0 aromatic heterocycles. The van der Waals surface area contributed by atoms with E-state index in [9.17, 15) is 4.79 Å². The molecular weight excluding hydrogens is 260 g/mol. The van der Waals surface area contributed by atoms with Gasteiger partial charge in [-0.25, -0.2) is 0 Å². The molecule has 1 heterocycles. The molecule has 1 aromatic carbocycles. The van der Waals surface area contributed by atoms with Crippen molar-refractivity contribution in [3.8, 4) is 0 Å². The molecule has 0 radical (unpaired) electrons. The van der Waals surface area contributed by atoms with E-state index >= 15 is 0 Å². The largest absolute Gasteiger partial charge is 0.343 e. The van der Waals surface area contributed by atoms with Gasteiger partial charge in [0.15, 0.2) is 0 Å². The average molecular weight is 288 g/mol. The third-order valence-electron chi connectivity index (χ3n) is 4.40. The van der Waals surface area contributed by atoms with Crippen molar-refractivity contribution in [1.82, 2.24) is 10.2 Å². The zero-order valence-corrected chi connectivity index (χ0v) is 13.4. The molecule has 1 aromatic rings. The molecule has 1 aliphatic rings. The normalized spacial score (nSPS) is 16.2. The van der Waals surface area contributed by atoms with E-state index in [1.165, 1.54) is 17.5 Å². The summed E-state index contributed by atoms with van der Waals surface area (Å²) in [4.78, 5) is 14.4. The topological polar surface area (TPSA) is 32.3 Å². The fraction of sp³-hybridized carbons (Fsp3) is 0.611. The summed E-state index contributed by atoms with van der Waals surface area (Å²) in [6.07, 6.45) is 4.86. The zero-order chi connectivity index (χ0) is 15.1. The Bertz CT molecular complexity index is 450. The van der Waals surface area contributed by atoms with Crippen LogP contribution in [0, 0.1) is 6.92 Å². The van der Waals surface area contributed by atoms with Crippen LogP contribution in [0.5, 0.6) is 0 Å². The molecule has 1 N–H and O–H groups in total. The van der Waals surface area contributed by atoms with Crippen molar-refractivity contribution in [2.45, 2.75) is 52.0 Å². The first-order chi connectivity index (χ1) is 10.2. The van der Waals surface area contributed by atoms with E-state index in [2.05, 4.69) is 43.4 Å². The molecule has 1 fully saturated rings. The second kappa shape index (κ2) is 8.18. The number of hydrogen-bond donors (Lipinski definition) is 1. The minimum Gasteiger partial charge on any atom is -0.343 e. The van der Waals surface area contributed by atoms with Gasteiger partial charge in [0.2, 0.25) is 5.91 Å². The van der Waals surface area contributed by atoms with Gasteiger partial charge in [0, 0.05) is 25.6 Å². The van der Waals surface area contributed by atoms with Gasteiger partial charge in [0.25, 0.3) is 0 Å². The lowest BCUT2D eigenvalue weighted by Crippen LogP contribution is -2.45. The minimum absolute atomic E-state index is 0.312. The van der Waals surface area contributed by atoms with Crippen LogP contribution in [-0.2, 0) is 11.2 Å². The van der Waals surface area contributed by atoms with Crippen molar-refractivity contribution in [3.05, 3.63) is 35.4 Å². The summed E-state index contributed by atoms with van der Waals surface area (Å²) >= 11 is 0. The van der Waals surface area contributed by atoms with Gasteiger partial charge in [0.1, 0.15) is 0 Å². The lowest BCUT2D eigenvalue weighted by molar-refractivity contribution is -0.132. The standard InChI is InChI=1S/C18H28N2O/c1-3-12-19-17-10-13-20(14-11-17)18(21)9-8-16-7-5-4-6-15(16)2/h4-7,17,19H,3,8-14H2,1-2H3. The number of hydrogen-bond acceptors (Lipinski definition) is 2. The number of aryl methyl sites for hydroxylation is 2. The van der Waals surface area contributed by atoms with Crippen LogP contribution >= 0.6 is 0 Å². The van der Waals surface area contributed by atoms with Gasteiger partial charge < -0.3 is 10.2 Å². The maximum atomic E-state index is 12.3. The molecule has 1 saturated heterocycles. The number of carbonyl (C=O) groups is 1. The molecular formula is C18H28N2O. The third-order valence-corrected chi connectivity index (χ3v) is 4.40. The van der Waals surface area contributed by atoms with Crippen molar-refractivity contribution >= 4 is 5.91 Å². The summed E-state index contributed by atoms with van der Waals surface area (Å²) in [7, 11) is 0. The maximum absolute atomic E-state index is 12.3. The van der Waals surface area contributed by atoms with E-state index in [4.69, 9.17) is 0 Å². The fourth-order valence-corrected chi connectivity index (χ4v) is 2.97. The number of carbonyl (C=O) groups excluding carboxylic acids is 1. The van der Waals surface area contributed by atoms with Gasteiger partial charge in [-0.05, 0) is 50.3 Å². The highest BCUT2D eigenvalue weighted by Crippen LogP contribution is 2.14. The van der Waals surface area contributed by atoms with Crippen LogP contribution in [0.2, 0.25) is 0 Å². The first kappa shape index (κ1) is 16.0. The molecule has 3 nitrogen and oxygen atoms in total. The SMILES string of the molecule is CCCNC1CCN(C(=O)CCc2ccccc2C)CC1. The van der Waals surface area contributed by atoms with E-state index in [1.807, 2.05) is 4.90 Å². The third kappa shape index (κ3) is 4.85. The van der Waals surface area contributed by atoms with Crippen molar-refractivity contribution in [2.24, 2.45) is 0 Å². The number of nitrogens with zero attached hydrogens (tertiary/aromatic N) is 1. The van der Waals surface area contributed by atoms with Gasteiger partial charge in [-0.3, -0.25) is 4.79 Å². The Morgan fingerprint density at radius 3 is 2.67 bits per heavy atom. The van der Waals surface area contributed by atoms with E-state index < -0.39 is 0 Å². The number of benzene rings is 1. The van der Waals surface area contributed by atoms with Crippen molar-refractivity contribution in [2.75, 3.05) is 19.6 Å². The molecule has 21 heavy (non-hydrogen) atoms. The molecule has 1 amide bonds. The lowest BCUT2D eigenvalue weighted by Gasteiger charge is -2.32. The van der Waals surface area contributed by atoms with E-state index in [-0.39, 0.29) is 0 Å². The summed E-state index contributed by atoms with van der Waals surface area (Å²) in [5.41, 5.74) is 2.58. The summed E-state index contributed by atoms with van der Waals surface area (Å²) in [5, 5.41) is 3.56. The Balaban J connectivity index is 1.74. The quantitative estimate of drug-likeness (QED) is 0.873. The van der Waals surface area contributed by atoms with Crippen LogP contribution in [-0.4, -0.2) is 36.5 Å².